The molecule has 0 unspecified atom stereocenters. The van der Waals surface area contributed by atoms with Gasteiger partial charge in [-0.25, -0.2) is 13.4 Å². The van der Waals surface area contributed by atoms with Crippen molar-refractivity contribution in [1.82, 2.24) is 9.97 Å². The number of fused-ring (bicyclic) bond motifs is 1. The highest BCUT2D eigenvalue weighted by Crippen LogP contribution is 2.49. The molecule has 0 atom stereocenters. The number of hydrogen-bond acceptors (Lipinski definition) is 5. The molecule has 0 saturated heterocycles. The van der Waals surface area contributed by atoms with Gasteiger partial charge in [0.1, 0.15) is 29.5 Å². The first-order valence-electron chi connectivity index (χ1n) is 14.1. The largest absolute Gasteiger partial charge is 0.489 e. The summed E-state index contributed by atoms with van der Waals surface area (Å²) in [7, 11) is -3.48. The van der Waals surface area contributed by atoms with Crippen LogP contribution in [0.5, 0.6) is 5.75 Å². The summed E-state index contributed by atoms with van der Waals surface area (Å²) >= 11 is 0. The van der Waals surface area contributed by atoms with Crippen LogP contribution in [-0.2, 0) is 16.6 Å². The lowest BCUT2D eigenvalue weighted by Crippen LogP contribution is -2.32. The second-order valence-electron chi connectivity index (χ2n) is 11.2. The third kappa shape index (κ3) is 5.88. The molecule has 2 heterocycles. The topological polar surface area (TPSA) is 88.4 Å². The molecule has 3 aromatic carbocycles. The van der Waals surface area contributed by atoms with Gasteiger partial charge in [-0.15, -0.1) is 0 Å². The molecule has 1 aliphatic carbocycles. The molecule has 0 spiro atoms. The average molecular weight is 570 g/mol. The Kier molecular flexibility index (Phi) is 7.34. The van der Waals surface area contributed by atoms with Crippen molar-refractivity contribution in [2.45, 2.75) is 45.6 Å². The molecule has 7 nitrogen and oxygen atoms in total. The summed E-state index contributed by atoms with van der Waals surface area (Å²) in [5.74, 6) is 2.86. The molecule has 5 aromatic rings. The van der Waals surface area contributed by atoms with Crippen LogP contribution in [0, 0.1) is 5.92 Å². The fraction of sp³-hybridized carbons (Fsp3) is 0.303. The number of rotatable bonds is 11. The van der Waals surface area contributed by atoms with E-state index < -0.39 is 10.0 Å². The van der Waals surface area contributed by atoms with Crippen LogP contribution in [0.2, 0.25) is 0 Å². The van der Waals surface area contributed by atoms with Gasteiger partial charge in [0.05, 0.1) is 17.5 Å². The van der Waals surface area contributed by atoms with Crippen LogP contribution in [0.3, 0.4) is 0 Å². The molecule has 0 aliphatic heterocycles. The van der Waals surface area contributed by atoms with E-state index in [1.165, 1.54) is 6.26 Å². The number of furan rings is 1. The van der Waals surface area contributed by atoms with E-state index in [4.69, 9.17) is 9.15 Å². The molecule has 8 heteroatoms. The van der Waals surface area contributed by atoms with Gasteiger partial charge in [0.25, 0.3) is 0 Å². The van der Waals surface area contributed by atoms with Crippen molar-refractivity contribution in [3.63, 3.8) is 0 Å². The Morgan fingerprint density at radius 1 is 1.07 bits per heavy atom. The fourth-order valence-electron chi connectivity index (χ4n) is 5.21. The molecular formula is C33H35N3O4S. The average Bonchev–Trinajstić information content (AvgIpc) is 3.52. The quantitative estimate of drug-likeness (QED) is 0.176. The van der Waals surface area contributed by atoms with Crippen molar-refractivity contribution in [2.24, 2.45) is 5.92 Å². The Hall–Kier alpha value is -4.04. The number of aromatic nitrogens is 2. The molecule has 6 rings (SSSR count). The minimum absolute atomic E-state index is 0.335. The van der Waals surface area contributed by atoms with Gasteiger partial charge in [0, 0.05) is 36.0 Å². The molecule has 1 fully saturated rings. The van der Waals surface area contributed by atoms with Crippen LogP contribution in [-0.4, -0.2) is 31.2 Å². The standard InChI is InChI=1S/C33H35N3O4S/c1-22(2)15-18-36(41(3,37)38)29-20-30-28(19-27(29)24-9-10-24)31(33-34-16-17-35-33)32(40-30)25-11-13-26(14-12-25)39-21-23-7-5-4-6-8-23/h4-8,11-14,16-17,19-20,22,24H,9-10,15,18,21H2,1-3H3,(H,34,35). The Balaban J connectivity index is 1.43. The van der Waals surface area contributed by atoms with Gasteiger partial charge in [-0.2, -0.15) is 0 Å². The number of aromatic amines is 1. The second-order valence-corrected chi connectivity index (χ2v) is 13.1. The first kappa shape index (κ1) is 27.1. The van der Waals surface area contributed by atoms with Crippen molar-refractivity contribution >= 4 is 26.7 Å². The minimum Gasteiger partial charge on any atom is -0.489 e. The van der Waals surface area contributed by atoms with Crippen molar-refractivity contribution < 1.29 is 17.6 Å². The SMILES string of the molecule is CC(C)CCN(c1cc2oc(-c3ccc(OCc4ccccc4)cc3)c(-c3ncc[nH]3)c2cc1C1CC1)S(C)(=O)=O. The maximum Gasteiger partial charge on any atom is 0.232 e. The number of nitrogens with zero attached hydrogens (tertiary/aromatic N) is 2. The monoisotopic (exact) mass is 569 g/mol. The molecule has 0 amide bonds. The van der Waals surface area contributed by atoms with E-state index in [1.54, 1.807) is 16.7 Å². The van der Waals surface area contributed by atoms with Gasteiger partial charge in [-0.1, -0.05) is 44.2 Å². The minimum atomic E-state index is -3.48. The number of anilines is 1. The molecule has 0 radical (unpaired) electrons. The van der Waals surface area contributed by atoms with Gasteiger partial charge in [0.2, 0.25) is 10.0 Å². The second kappa shape index (κ2) is 11.1. The number of imidazole rings is 1. The summed E-state index contributed by atoms with van der Waals surface area (Å²) < 4.78 is 40.1. The number of nitrogens with one attached hydrogen (secondary N) is 1. The summed E-state index contributed by atoms with van der Waals surface area (Å²) in [6.07, 6.45) is 7.68. The van der Waals surface area contributed by atoms with Gasteiger partial charge in [-0.3, -0.25) is 4.31 Å². The number of H-pyrrole nitrogens is 1. The molecule has 1 aliphatic rings. The third-order valence-electron chi connectivity index (χ3n) is 7.53. The fourth-order valence-corrected chi connectivity index (χ4v) is 6.16. The zero-order valence-corrected chi connectivity index (χ0v) is 24.4. The molecule has 212 valence electrons. The Bertz CT molecular complexity index is 1740. The summed E-state index contributed by atoms with van der Waals surface area (Å²) in [5, 5.41) is 0.919. The van der Waals surface area contributed by atoms with Gasteiger partial charge in [-0.05, 0) is 72.6 Å². The number of sulfonamides is 1. The number of benzene rings is 3. The van der Waals surface area contributed by atoms with Crippen LogP contribution < -0.4 is 9.04 Å². The number of hydrogen-bond donors (Lipinski definition) is 1. The predicted octanol–water partition coefficient (Wildman–Crippen LogP) is 7.76. The molecular weight excluding hydrogens is 534 g/mol. The lowest BCUT2D eigenvalue weighted by molar-refractivity contribution is 0.306. The zero-order chi connectivity index (χ0) is 28.6. The highest BCUT2D eigenvalue weighted by molar-refractivity contribution is 7.92. The van der Waals surface area contributed by atoms with Crippen LogP contribution >= 0.6 is 0 Å². The summed E-state index contributed by atoms with van der Waals surface area (Å²) in [4.78, 5) is 7.81. The van der Waals surface area contributed by atoms with Gasteiger partial charge < -0.3 is 14.1 Å². The number of ether oxygens (including phenoxy) is 1. The normalized spacial score (nSPS) is 13.7. The summed E-state index contributed by atoms with van der Waals surface area (Å²) in [6, 6.07) is 22.0. The Labute approximate surface area is 241 Å². The van der Waals surface area contributed by atoms with E-state index in [0.717, 1.165) is 58.3 Å². The first-order valence-corrected chi connectivity index (χ1v) is 16.0. The van der Waals surface area contributed by atoms with E-state index in [9.17, 15) is 8.42 Å². The van der Waals surface area contributed by atoms with Gasteiger partial charge >= 0.3 is 0 Å². The summed E-state index contributed by atoms with van der Waals surface area (Å²) in [5.41, 5.74) is 5.26. The highest BCUT2D eigenvalue weighted by atomic mass is 32.2. The van der Waals surface area contributed by atoms with E-state index in [0.29, 0.717) is 42.2 Å². The van der Waals surface area contributed by atoms with E-state index in [1.807, 2.05) is 60.7 Å². The van der Waals surface area contributed by atoms with E-state index >= 15 is 0 Å². The van der Waals surface area contributed by atoms with Crippen molar-refractivity contribution in [2.75, 3.05) is 17.1 Å². The third-order valence-corrected chi connectivity index (χ3v) is 8.71. The lowest BCUT2D eigenvalue weighted by Gasteiger charge is -2.26. The molecule has 2 aromatic heterocycles. The summed E-state index contributed by atoms with van der Waals surface area (Å²) in [6.45, 7) is 5.14. The van der Waals surface area contributed by atoms with Crippen LogP contribution in [0.25, 0.3) is 33.7 Å². The van der Waals surface area contributed by atoms with Gasteiger partial charge in [0.15, 0.2) is 0 Å². The smallest absolute Gasteiger partial charge is 0.232 e. The first-order chi connectivity index (χ1) is 19.8. The molecule has 41 heavy (non-hydrogen) atoms. The lowest BCUT2D eigenvalue weighted by atomic mass is 10.00. The van der Waals surface area contributed by atoms with Crippen LogP contribution in [0.15, 0.2) is 83.5 Å². The van der Waals surface area contributed by atoms with Crippen molar-refractivity contribution in [3.05, 3.63) is 90.3 Å². The van der Waals surface area contributed by atoms with Crippen molar-refractivity contribution in [3.8, 4) is 28.5 Å². The van der Waals surface area contributed by atoms with E-state index in [-0.39, 0.29) is 0 Å². The molecule has 0 bridgehead atoms. The maximum absolute atomic E-state index is 13.0. The van der Waals surface area contributed by atoms with Crippen LogP contribution in [0.4, 0.5) is 5.69 Å². The van der Waals surface area contributed by atoms with E-state index in [2.05, 4.69) is 29.9 Å². The molecule has 1 N–H and O–H groups in total. The Morgan fingerprint density at radius 3 is 2.46 bits per heavy atom. The predicted molar refractivity (Wildman–Crippen MR) is 164 cm³/mol. The van der Waals surface area contributed by atoms with Crippen molar-refractivity contribution in [1.29, 1.82) is 0 Å². The Morgan fingerprint density at radius 2 is 1.83 bits per heavy atom. The molecule has 1 saturated carbocycles. The zero-order valence-electron chi connectivity index (χ0n) is 23.6. The highest BCUT2D eigenvalue weighted by Gasteiger charge is 2.32. The maximum atomic E-state index is 13.0. The van der Waals surface area contributed by atoms with Crippen LogP contribution in [0.1, 0.15) is 50.2 Å².